The molecule has 90 valence electrons. The summed E-state index contributed by atoms with van der Waals surface area (Å²) in [5.41, 5.74) is 2.69. The van der Waals surface area contributed by atoms with Gasteiger partial charge in [0.1, 0.15) is 10.8 Å². The molecule has 0 aliphatic heterocycles. The van der Waals surface area contributed by atoms with Crippen molar-refractivity contribution in [1.29, 1.82) is 0 Å². The van der Waals surface area contributed by atoms with Crippen LogP contribution in [0.4, 0.5) is 4.39 Å². The van der Waals surface area contributed by atoms with Gasteiger partial charge in [-0.15, -0.1) is 11.3 Å². The summed E-state index contributed by atoms with van der Waals surface area (Å²) >= 11 is 1.64. The molecule has 0 aliphatic carbocycles. The number of nitrogens with zero attached hydrogens (tertiary/aromatic N) is 1. The predicted molar refractivity (Wildman–Crippen MR) is 68.5 cm³/mol. The lowest BCUT2D eigenvalue weighted by Crippen LogP contribution is -2.12. The largest absolute Gasteiger partial charge is 0.306 e. The zero-order valence-corrected chi connectivity index (χ0v) is 10.8. The summed E-state index contributed by atoms with van der Waals surface area (Å²) in [5, 5.41) is 6.35. The molecule has 0 saturated carbocycles. The SMILES string of the molecule is Cc1csc(CNCc2ccc(C)c(F)c2)n1. The fourth-order valence-corrected chi connectivity index (χ4v) is 2.29. The van der Waals surface area contributed by atoms with Crippen LogP contribution in [0.2, 0.25) is 0 Å². The molecular weight excluding hydrogens is 235 g/mol. The van der Waals surface area contributed by atoms with Gasteiger partial charge in [-0.05, 0) is 31.0 Å². The summed E-state index contributed by atoms with van der Waals surface area (Å²) in [7, 11) is 0. The Kier molecular flexibility index (Phi) is 3.86. The summed E-state index contributed by atoms with van der Waals surface area (Å²) in [4.78, 5) is 4.36. The molecule has 0 unspecified atom stereocenters. The average molecular weight is 250 g/mol. The summed E-state index contributed by atoms with van der Waals surface area (Å²) < 4.78 is 13.3. The third-order valence-corrected chi connectivity index (χ3v) is 3.47. The molecule has 17 heavy (non-hydrogen) atoms. The molecule has 0 radical (unpaired) electrons. The highest BCUT2D eigenvalue weighted by Crippen LogP contribution is 2.10. The van der Waals surface area contributed by atoms with Crippen molar-refractivity contribution in [1.82, 2.24) is 10.3 Å². The van der Waals surface area contributed by atoms with Gasteiger partial charge in [0.2, 0.25) is 0 Å². The summed E-state index contributed by atoms with van der Waals surface area (Å²) in [5.74, 6) is -0.144. The van der Waals surface area contributed by atoms with Crippen LogP contribution in [0, 0.1) is 19.7 Å². The number of hydrogen-bond acceptors (Lipinski definition) is 3. The van der Waals surface area contributed by atoms with Gasteiger partial charge < -0.3 is 5.32 Å². The molecule has 0 fully saturated rings. The van der Waals surface area contributed by atoms with Gasteiger partial charge in [0.05, 0.1) is 0 Å². The van der Waals surface area contributed by atoms with Crippen LogP contribution in [0.5, 0.6) is 0 Å². The Hall–Kier alpha value is -1.26. The van der Waals surface area contributed by atoms with Gasteiger partial charge in [-0.1, -0.05) is 12.1 Å². The molecular formula is C13H15FN2S. The lowest BCUT2D eigenvalue weighted by Gasteiger charge is -2.04. The topological polar surface area (TPSA) is 24.9 Å². The van der Waals surface area contributed by atoms with Gasteiger partial charge in [0, 0.05) is 24.2 Å². The van der Waals surface area contributed by atoms with Crippen LogP contribution < -0.4 is 5.32 Å². The number of aromatic nitrogens is 1. The second kappa shape index (κ2) is 5.38. The maximum absolute atomic E-state index is 13.3. The Morgan fingerprint density at radius 2 is 2.12 bits per heavy atom. The summed E-state index contributed by atoms with van der Waals surface area (Å²) in [6.45, 7) is 5.14. The van der Waals surface area contributed by atoms with Gasteiger partial charge >= 0.3 is 0 Å². The standard InChI is InChI=1S/C13H15FN2S/c1-9-3-4-11(5-12(9)14)6-15-7-13-16-10(2)8-17-13/h3-5,8,15H,6-7H2,1-2H3. The van der Waals surface area contributed by atoms with Gasteiger partial charge in [0.25, 0.3) is 0 Å². The fourth-order valence-electron chi connectivity index (χ4n) is 1.54. The lowest BCUT2D eigenvalue weighted by atomic mass is 10.1. The monoisotopic (exact) mass is 250 g/mol. The fraction of sp³-hybridized carbons (Fsp3) is 0.308. The maximum atomic E-state index is 13.3. The molecule has 0 atom stereocenters. The smallest absolute Gasteiger partial charge is 0.126 e. The molecule has 1 N–H and O–H groups in total. The second-order valence-electron chi connectivity index (χ2n) is 4.07. The zero-order chi connectivity index (χ0) is 12.3. The predicted octanol–water partition coefficient (Wildman–Crippen LogP) is 3.19. The van der Waals surface area contributed by atoms with E-state index in [4.69, 9.17) is 0 Å². The number of rotatable bonds is 4. The minimum absolute atomic E-state index is 0.144. The second-order valence-corrected chi connectivity index (χ2v) is 5.01. The van der Waals surface area contributed by atoms with Crippen molar-refractivity contribution < 1.29 is 4.39 Å². The average Bonchev–Trinajstić information content (AvgIpc) is 2.70. The number of hydrogen-bond donors (Lipinski definition) is 1. The molecule has 0 aliphatic rings. The van der Waals surface area contributed by atoms with Crippen LogP contribution in [-0.2, 0) is 13.1 Å². The molecule has 0 bridgehead atoms. The maximum Gasteiger partial charge on any atom is 0.126 e. The van der Waals surface area contributed by atoms with Crippen molar-refractivity contribution in [2.45, 2.75) is 26.9 Å². The van der Waals surface area contributed by atoms with Crippen molar-refractivity contribution in [3.05, 3.63) is 51.2 Å². The van der Waals surface area contributed by atoms with Crippen LogP contribution in [0.15, 0.2) is 23.6 Å². The first-order valence-corrected chi connectivity index (χ1v) is 6.40. The first kappa shape index (κ1) is 12.2. The minimum atomic E-state index is -0.144. The van der Waals surface area contributed by atoms with Crippen molar-refractivity contribution in [2.75, 3.05) is 0 Å². The Morgan fingerprint density at radius 3 is 2.76 bits per heavy atom. The third kappa shape index (κ3) is 3.35. The van der Waals surface area contributed by atoms with E-state index in [-0.39, 0.29) is 5.82 Å². The summed E-state index contributed by atoms with van der Waals surface area (Å²) in [6, 6.07) is 5.33. The van der Waals surface area contributed by atoms with E-state index in [9.17, 15) is 4.39 Å². The Morgan fingerprint density at radius 1 is 1.29 bits per heavy atom. The molecule has 4 heteroatoms. The molecule has 2 nitrogen and oxygen atoms in total. The van der Waals surface area contributed by atoms with Crippen LogP contribution >= 0.6 is 11.3 Å². The van der Waals surface area contributed by atoms with Gasteiger partial charge in [-0.2, -0.15) is 0 Å². The molecule has 0 saturated heterocycles. The number of halogens is 1. The van der Waals surface area contributed by atoms with E-state index in [0.717, 1.165) is 22.8 Å². The van der Waals surface area contributed by atoms with Gasteiger partial charge in [0.15, 0.2) is 0 Å². The number of thiazole rings is 1. The third-order valence-electron chi connectivity index (χ3n) is 2.51. The van der Waals surface area contributed by atoms with Crippen LogP contribution in [0.25, 0.3) is 0 Å². The number of aryl methyl sites for hydroxylation is 2. The Balaban J connectivity index is 1.87. The lowest BCUT2D eigenvalue weighted by molar-refractivity contribution is 0.611. The van der Waals surface area contributed by atoms with E-state index in [1.54, 1.807) is 30.4 Å². The van der Waals surface area contributed by atoms with Crippen molar-refractivity contribution in [3.63, 3.8) is 0 Å². The molecule has 2 aromatic rings. The highest BCUT2D eigenvalue weighted by Gasteiger charge is 2.01. The van der Waals surface area contributed by atoms with Gasteiger partial charge in [-0.3, -0.25) is 0 Å². The van der Waals surface area contributed by atoms with Crippen molar-refractivity contribution >= 4 is 11.3 Å². The first-order valence-electron chi connectivity index (χ1n) is 5.52. The molecule has 1 aromatic heterocycles. The molecule has 1 heterocycles. The van der Waals surface area contributed by atoms with Crippen LogP contribution in [0.1, 0.15) is 21.8 Å². The number of benzene rings is 1. The molecule has 2 rings (SSSR count). The van der Waals surface area contributed by atoms with E-state index in [1.807, 2.05) is 18.4 Å². The quantitative estimate of drug-likeness (QED) is 0.901. The summed E-state index contributed by atoms with van der Waals surface area (Å²) in [6.07, 6.45) is 0. The Labute approximate surface area is 105 Å². The van der Waals surface area contributed by atoms with Crippen LogP contribution in [0.3, 0.4) is 0 Å². The zero-order valence-electron chi connectivity index (χ0n) is 9.96. The molecule has 0 amide bonds. The number of nitrogens with one attached hydrogen (secondary N) is 1. The molecule has 1 aromatic carbocycles. The van der Waals surface area contributed by atoms with Crippen molar-refractivity contribution in [2.24, 2.45) is 0 Å². The van der Waals surface area contributed by atoms with E-state index in [0.29, 0.717) is 12.1 Å². The highest BCUT2D eigenvalue weighted by atomic mass is 32.1. The van der Waals surface area contributed by atoms with Crippen molar-refractivity contribution in [3.8, 4) is 0 Å². The normalized spacial score (nSPS) is 10.8. The van der Waals surface area contributed by atoms with E-state index < -0.39 is 0 Å². The van der Waals surface area contributed by atoms with Crippen LogP contribution in [-0.4, -0.2) is 4.98 Å². The van der Waals surface area contributed by atoms with E-state index in [1.165, 1.54) is 0 Å². The first-order chi connectivity index (χ1) is 8.15. The Bertz CT molecular complexity index is 508. The highest BCUT2D eigenvalue weighted by molar-refractivity contribution is 7.09. The minimum Gasteiger partial charge on any atom is -0.306 e. The van der Waals surface area contributed by atoms with E-state index in [2.05, 4.69) is 10.3 Å². The molecule has 0 spiro atoms. The van der Waals surface area contributed by atoms with E-state index >= 15 is 0 Å². The van der Waals surface area contributed by atoms with Gasteiger partial charge in [-0.25, -0.2) is 9.37 Å².